The number of halogens is 2. The molecule has 0 aromatic heterocycles. The number of fused-ring (bicyclic) bond motifs is 1. The van der Waals surface area contributed by atoms with Crippen LogP contribution in [0.25, 0.3) is 0 Å². The molecule has 0 spiro atoms. The number of hydrogen-bond acceptors (Lipinski definition) is 2. The maximum atomic E-state index is 13.1. The summed E-state index contributed by atoms with van der Waals surface area (Å²) < 4.78 is 13.1. The molecule has 108 valence electrons. The van der Waals surface area contributed by atoms with Crippen molar-refractivity contribution in [1.82, 2.24) is 5.32 Å². The first kappa shape index (κ1) is 14.2. The summed E-state index contributed by atoms with van der Waals surface area (Å²) in [4.78, 5) is 12.6. The van der Waals surface area contributed by atoms with Crippen molar-refractivity contribution in [2.24, 2.45) is 0 Å². The average Bonchev–Trinajstić information content (AvgIpc) is 2.49. The van der Waals surface area contributed by atoms with Crippen LogP contribution < -0.4 is 5.32 Å². The summed E-state index contributed by atoms with van der Waals surface area (Å²) in [5.74, 6) is -0.340. The Labute approximate surface area is 127 Å². The van der Waals surface area contributed by atoms with Crippen molar-refractivity contribution in [1.29, 1.82) is 0 Å². The van der Waals surface area contributed by atoms with Gasteiger partial charge in [0.1, 0.15) is 5.82 Å². The molecule has 0 aliphatic carbocycles. The van der Waals surface area contributed by atoms with Crippen LogP contribution in [0.2, 0.25) is 5.02 Å². The highest BCUT2D eigenvalue weighted by atomic mass is 35.5. The zero-order valence-corrected chi connectivity index (χ0v) is 12.2. The Balaban J connectivity index is 1.83. The van der Waals surface area contributed by atoms with Gasteiger partial charge in [0.2, 0.25) is 0 Å². The number of carbonyl (C=O) groups is 1. The van der Waals surface area contributed by atoms with E-state index in [1.807, 2.05) is 18.2 Å². The molecule has 0 radical (unpaired) electrons. The average molecular weight is 304 g/mol. The molecule has 3 rings (SSSR count). The van der Waals surface area contributed by atoms with Crippen molar-refractivity contribution in [2.75, 3.05) is 6.54 Å². The third-order valence-corrected chi connectivity index (χ3v) is 4.16. The quantitative estimate of drug-likeness (QED) is 0.940. The van der Waals surface area contributed by atoms with Crippen molar-refractivity contribution in [3.8, 4) is 0 Å². The molecule has 1 heterocycles. The van der Waals surface area contributed by atoms with Gasteiger partial charge in [-0.3, -0.25) is 4.79 Å². The van der Waals surface area contributed by atoms with E-state index in [2.05, 4.69) is 11.4 Å². The predicted molar refractivity (Wildman–Crippen MR) is 81.0 cm³/mol. The highest BCUT2D eigenvalue weighted by Gasteiger charge is 2.25. The van der Waals surface area contributed by atoms with Gasteiger partial charge in [-0.2, -0.15) is 0 Å². The molecule has 1 unspecified atom stereocenters. The highest BCUT2D eigenvalue weighted by molar-refractivity contribution is 6.31. The van der Waals surface area contributed by atoms with E-state index in [1.54, 1.807) is 6.07 Å². The van der Waals surface area contributed by atoms with Crippen LogP contribution in [-0.2, 0) is 17.6 Å². The van der Waals surface area contributed by atoms with Gasteiger partial charge in [-0.25, -0.2) is 4.39 Å². The van der Waals surface area contributed by atoms with Crippen molar-refractivity contribution >= 4 is 17.4 Å². The van der Waals surface area contributed by atoms with Crippen molar-refractivity contribution in [3.63, 3.8) is 0 Å². The Morgan fingerprint density at radius 1 is 1.29 bits per heavy atom. The predicted octanol–water partition coefficient (Wildman–Crippen LogP) is 3.48. The smallest absolute Gasteiger partial charge is 0.158 e. The molecule has 0 saturated carbocycles. The third-order valence-electron chi connectivity index (χ3n) is 3.81. The minimum Gasteiger partial charge on any atom is -0.303 e. The van der Waals surface area contributed by atoms with E-state index >= 15 is 0 Å². The lowest BCUT2D eigenvalue weighted by Crippen LogP contribution is -2.35. The van der Waals surface area contributed by atoms with E-state index in [1.165, 1.54) is 17.7 Å². The summed E-state index contributed by atoms with van der Waals surface area (Å²) >= 11 is 6.00. The molecule has 1 atom stereocenters. The Bertz CT molecular complexity index is 686. The van der Waals surface area contributed by atoms with Crippen LogP contribution in [0.1, 0.15) is 22.7 Å². The van der Waals surface area contributed by atoms with Gasteiger partial charge in [-0.05, 0) is 35.2 Å². The van der Waals surface area contributed by atoms with Crippen LogP contribution in [0.15, 0.2) is 42.5 Å². The fourth-order valence-corrected chi connectivity index (χ4v) is 2.98. The normalized spacial score (nSPS) is 17.3. The van der Waals surface area contributed by atoms with Crippen LogP contribution in [0, 0.1) is 5.82 Å². The number of carbonyl (C=O) groups excluding carboxylic acids is 1. The fourth-order valence-electron chi connectivity index (χ4n) is 2.75. The Hall–Kier alpha value is -1.71. The molecule has 2 aromatic carbocycles. The van der Waals surface area contributed by atoms with E-state index in [-0.39, 0.29) is 18.2 Å². The van der Waals surface area contributed by atoms with Gasteiger partial charge in [-0.15, -0.1) is 0 Å². The lowest BCUT2D eigenvalue weighted by molar-refractivity contribution is -0.120. The van der Waals surface area contributed by atoms with Crippen molar-refractivity contribution in [3.05, 3.63) is 70.0 Å². The zero-order chi connectivity index (χ0) is 14.8. The first-order valence-electron chi connectivity index (χ1n) is 6.93. The van der Waals surface area contributed by atoms with Crippen molar-refractivity contribution in [2.45, 2.75) is 18.9 Å². The second-order valence-electron chi connectivity index (χ2n) is 5.21. The van der Waals surface area contributed by atoms with Gasteiger partial charge in [-0.1, -0.05) is 41.9 Å². The summed E-state index contributed by atoms with van der Waals surface area (Å²) in [5.41, 5.74) is 2.90. The first-order chi connectivity index (χ1) is 10.1. The lowest BCUT2D eigenvalue weighted by Gasteiger charge is -2.26. The van der Waals surface area contributed by atoms with E-state index < -0.39 is 5.82 Å². The second-order valence-corrected chi connectivity index (χ2v) is 5.62. The molecule has 2 aromatic rings. The van der Waals surface area contributed by atoms with Crippen LogP contribution in [0.4, 0.5) is 4.39 Å². The molecule has 2 nitrogen and oxygen atoms in total. The number of benzene rings is 2. The Kier molecular flexibility index (Phi) is 4.04. The van der Waals surface area contributed by atoms with E-state index in [0.29, 0.717) is 10.6 Å². The first-order valence-corrected chi connectivity index (χ1v) is 7.31. The lowest BCUT2D eigenvalue weighted by atomic mass is 9.90. The van der Waals surface area contributed by atoms with Gasteiger partial charge < -0.3 is 5.32 Å². The molecule has 21 heavy (non-hydrogen) atoms. The standard InChI is InChI=1S/C17H15ClFNO/c18-15-10-13(19)6-5-12(15)9-16(21)17-14-4-2-1-3-11(14)7-8-20-17/h1-6,10,17,20H,7-9H2. The Morgan fingerprint density at radius 3 is 2.90 bits per heavy atom. The number of ketones is 1. The SMILES string of the molecule is O=C(Cc1ccc(F)cc1Cl)C1NCCc2ccccc21. The molecule has 1 N–H and O–H groups in total. The van der Waals surface area contributed by atoms with Gasteiger partial charge in [0.05, 0.1) is 6.04 Å². The zero-order valence-electron chi connectivity index (χ0n) is 11.4. The fraction of sp³-hybridized carbons (Fsp3) is 0.235. The minimum atomic E-state index is -0.391. The summed E-state index contributed by atoms with van der Waals surface area (Å²) in [6.07, 6.45) is 1.13. The molecule has 1 aliphatic heterocycles. The topological polar surface area (TPSA) is 29.1 Å². The largest absolute Gasteiger partial charge is 0.303 e. The van der Waals surface area contributed by atoms with Crippen LogP contribution in [-0.4, -0.2) is 12.3 Å². The molecule has 0 saturated heterocycles. The molecule has 4 heteroatoms. The van der Waals surface area contributed by atoms with Crippen LogP contribution >= 0.6 is 11.6 Å². The van der Waals surface area contributed by atoms with Crippen LogP contribution in [0.5, 0.6) is 0 Å². The van der Waals surface area contributed by atoms with Gasteiger partial charge in [0.15, 0.2) is 5.78 Å². The van der Waals surface area contributed by atoms with E-state index in [4.69, 9.17) is 11.6 Å². The number of rotatable bonds is 3. The van der Waals surface area contributed by atoms with Crippen molar-refractivity contribution < 1.29 is 9.18 Å². The van der Waals surface area contributed by atoms with Crippen LogP contribution in [0.3, 0.4) is 0 Å². The Morgan fingerprint density at radius 2 is 2.10 bits per heavy atom. The molecule has 0 amide bonds. The van der Waals surface area contributed by atoms with E-state index in [9.17, 15) is 9.18 Å². The highest BCUT2D eigenvalue weighted by Crippen LogP contribution is 2.26. The second kappa shape index (κ2) is 5.96. The molecule has 0 bridgehead atoms. The third kappa shape index (κ3) is 2.99. The van der Waals surface area contributed by atoms with Gasteiger partial charge >= 0.3 is 0 Å². The molecular formula is C17H15ClFNO. The number of hydrogen-bond donors (Lipinski definition) is 1. The molecule has 0 fully saturated rings. The maximum absolute atomic E-state index is 13.1. The summed E-state index contributed by atoms with van der Waals surface area (Å²) in [6.45, 7) is 0.782. The monoisotopic (exact) mass is 303 g/mol. The molecule has 1 aliphatic rings. The molecular weight excluding hydrogens is 289 g/mol. The number of Topliss-reactive ketones (excluding diaryl/α,β-unsaturated/α-hetero) is 1. The van der Waals surface area contributed by atoms with E-state index in [0.717, 1.165) is 18.5 Å². The summed E-state index contributed by atoms with van der Waals surface area (Å²) in [6, 6.07) is 11.8. The number of nitrogens with one attached hydrogen (secondary N) is 1. The summed E-state index contributed by atoms with van der Waals surface area (Å²) in [7, 11) is 0. The minimum absolute atomic E-state index is 0.0515. The maximum Gasteiger partial charge on any atom is 0.158 e. The summed E-state index contributed by atoms with van der Waals surface area (Å²) in [5, 5.41) is 3.56. The van der Waals surface area contributed by atoms with Gasteiger partial charge in [0.25, 0.3) is 0 Å². The van der Waals surface area contributed by atoms with Gasteiger partial charge in [0, 0.05) is 18.0 Å².